The van der Waals surface area contributed by atoms with Crippen molar-refractivity contribution in [2.24, 2.45) is 0 Å². The van der Waals surface area contributed by atoms with Gasteiger partial charge in [-0.2, -0.15) is 4.39 Å². The van der Waals surface area contributed by atoms with Crippen molar-refractivity contribution in [3.05, 3.63) is 29.8 Å². The SMILES string of the molecule is CC1CCCC(C)N1NC(=O)c1ccc(F)nc1. The average Bonchev–Trinajstić information content (AvgIpc) is 2.34. The van der Waals surface area contributed by atoms with Gasteiger partial charge in [0.25, 0.3) is 5.91 Å². The van der Waals surface area contributed by atoms with Crippen LogP contribution in [0.2, 0.25) is 0 Å². The first-order chi connectivity index (χ1) is 8.58. The summed E-state index contributed by atoms with van der Waals surface area (Å²) < 4.78 is 12.7. The predicted molar refractivity (Wildman–Crippen MR) is 66.3 cm³/mol. The van der Waals surface area contributed by atoms with Crippen molar-refractivity contribution in [1.29, 1.82) is 0 Å². The standard InChI is InChI=1S/C13H18FN3O/c1-9-4-3-5-10(2)17(9)16-13(18)11-6-7-12(14)15-8-11/h6-10H,3-5H2,1-2H3,(H,16,18). The molecule has 1 aromatic rings. The van der Waals surface area contributed by atoms with Crippen molar-refractivity contribution in [2.75, 3.05) is 0 Å². The molecule has 18 heavy (non-hydrogen) atoms. The van der Waals surface area contributed by atoms with Gasteiger partial charge in [0.2, 0.25) is 5.95 Å². The van der Waals surface area contributed by atoms with Crippen molar-refractivity contribution in [3.8, 4) is 0 Å². The third kappa shape index (κ3) is 2.85. The molecule has 0 radical (unpaired) electrons. The summed E-state index contributed by atoms with van der Waals surface area (Å²) in [6.07, 6.45) is 4.59. The molecule has 1 fully saturated rings. The van der Waals surface area contributed by atoms with E-state index >= 15 is 0 Å². The van der Waals surface area contributed by atoms with Gasteiger partial charge >= 0.3 is 0 Å². The molecule has 4 nitrogen and oxygen atoms in total. The van der Waals surface area contributed by atoms with E-state index in [0.717, 1.165) is 12.8 Å². The van der Waals surface area contributed by atoms with Gasteiger partial charge in [0.05, 0.1) is 5.56 Å². The number of halogens is 1. The highest BCUT2D eigenvalue weighted by Crippen LogP contribution is 2.20. The van der Waals surface area contributed by atoms with Gasteiger partial charge in [0, 0.05) is 18.3 Å². The Morgan fingerprint density at radius 2 is 2.06 bits per heavy atom. The molecule has 2 atom stereocenters. The highest BCUT2D eigenvalue weighted by atomic mass is 19.1. The molecule has 0 aliphatic carbocycles. The zero-order valence-electron chi connectivity index (χ0n) is 10.7. The van der Waals surface area contributed by atoms with Crippen LogP contribution >= 0.6 is 0 Å². The number of aromatic nitrogens is 1. The quantitative estimate of drug-likeness (QED) is 0.819. The minimum Gasteiger partial charge on any atom is -0.284 e. The molecule has 98 valence electrons. The first kappa shape index (κ1) is 13.0. The first-order valence-electron chi connectivity index (χ1n) is 6.29. The molecule has 2 unspecified atom stereocenters. The van der Waals surface area contributed by atoms with Gasteiger partial charge in [-0.3, -0.25) is 10.2 Å². The molecule has 5 heteroatoms. The predicted octanol–water partition coefficient (Wildman–Crippen LogP) is 2.13. The molecule has 1 N–H and O–H groups in total. The van der Waals surface area contributed by atoms with Crippen molar-refractivity contribution < 1.29 is 9.18 Å². The summed E-state index contributed by atoms with van der Waals surface area (Å²) >= 11 is 0. The van der Waals surface area contributed by atoms with E-state index in [1.54, 1.807) is 0 Å². The van der Waals surface area contributed by atoms with E-state index < -0.39 is 5.95 Å². The lowest BCUT2D eigenvalue weighted by Gasteiger charge is -2.38. The Balaban J connectivity index is 2.04. The van der Waals surface area contributed by atoms with Crippen LogP contribution in [-0.4, -0.2) is 28.0 Å². The monoisotopic (exact) mass is 251 g/mol. The zero-order chi connectivity index (χ0) is 13.1. The maximum absolute atomic E-state index is 12.7. The average molecular weight is 251 g/mol. The number of carbonyl (C=O) groups excluding carboxylic acids is 1. The molecule has 1 aliphatic rings. The number of amides is 1. The Morgan fingerprint density at radius 1 is 1.39 bits per heavy atom. The summed E-state index contributed by atoms with van der Waals surface area (Å²) in [6.45, 7) is 4.19. The van der Waals surface area contributed by atoms with Crippen LogP contribution in [0.15, 0.2) is 18.3 Å². The number of pyridine rings is 1. The highest BCUT2D eigenvalue weighted by molar-refractivity contribution is 5.93. The first-order valence-corrected chi connectivity index (χ1v) is 6.29. The zero-order valence-corrected chi connectivity index (χ0v) is 10.7. The summed E-state index contributed by atoms with van der Waals surface area (Å²) in [7, 11) is 0. The van der Waals surface area contributed by atoms with Crippen molar-refractivity contribution in [2.45, 2.75) is 45.2 Å². The third-order valence-corrected chi connectivity index (χ3v) is 3.41. The summed E-state index contributed by atoms with van der Waals surface area (Å²) in [5.41, 5.74) is 3.26. The van der Waals surface area contributed by atoms with Gasteiger partial charge in [0.15, 0.2) is 0 Å². The molecule has 0 saturated carbocycles. The topological polar surface area (TPSA) is 45.2 Å². The smallest absolute Gasteiger partial charge is 0.267 e. The number of piperidine rings is 1. The van der Waals surface area contributed by atoms with Gasteiger partial charge in [-0.1, -0.05) is 6.42 Å². The molecule has 1 aromatic heterocycles. The number of hydrogen-bond acceptors (Lipinski definition) is 3. The number of carbonyl (C=O) groups is 1. The number of nitrogens with zero attached hydrogens (tertiary/aromatic N) is 2. The largest absolute Gasteiger partial charge is 0.284 e. The van der Waals surface area contributed by atoms with Crippen LogP contribution in [0.25, 0.3) is 0 Å². The van der Waals surface area contributed by atoms with Crippen LogP contribution in [0.1, 0.15) is 43.5 Å². The lowest BCUT2D eigenvalue weighted by molar-refractivity contribution is 0.0369. The Bertz CT molecular complexity index is 411. The van der Waals surface area contributed by atoms with Crippen LogP contribution in [0.5, 0.6) is 0 Å². The summed E-state index contributed by atoms with van der Waals surface area (Å²) in [4.78, 5) is 15.5. The molecular weight excluding hydrogens is 233 g/mol. The van der Waals surface area contributed by atoms with Gasteiger partial charge in [-0.25, -0.2) is 9.99 Å². The maximum atomic E-state index is 12.7. The van der Waals surface area contributed by atoms with E-state index in [9.17, 15) is 9.18 Å². The second-order valence-electron chi connectivity index (χ2n) is 4.85. The molecule has 0 aromatic carbocycles. The second-order valence-corrected chi connectivity index (χ2v) is 4.85. The van der Waals surface area contributed by atoms with Crippen LogP contribution in [0.3, 0.4) is 0 Å². The summed E-state index contributed by atoms with van der Waals surface area (Å²) in [6, 6.07) is 3.28. The fourth-order valence-corrected chi connectivity index (χ4v) is 2.33. The molecule has 1 saturated heterocycles. The lowest BCUT2D eigenvalue weighted by atomic mass is 10.00. The summed E-state index contributed by atoms with van der Waals surface area (Å²) in [5.74, 6) is -0.811. The Hall–Kier alpha value is -1.49. The minimum absolute atomic E-state index is 0.233. The van der Waals surface area contributed by atoms with Gasteiger partial charge in [0.1, 0.15) is 0 Å². The van der Waals surface area contributed by atoms with Gasteiger partial charge < -0.3 is 0 Å². The lowest BCUT2D eigenvalue weighted by Crippen LogP contribution is -2.54. The van der Waals surface area contributed by atoms with E-state index in [1.165, 1.54) is 24.8 Å². The normalized spacial score (nSPS) is 24.8. The van der Waals surface area contributed by atoms with Gasteiger partial charge in [-0.05, 0) is 38.8 Å². The third-order valence-electron chi connectivity index (χ3n) is 3.41. The molecule has 1 amide bonds. The fraction of sp³-hybridized carbons (Fsp3) is 0.538. The van der Waals surface area contributed by atoms with E-state index in [2.05, 4.69) is 24.3 Å². The second kappa shape index (κ2) is 5.44. The van der Waals surface area contributed by atoms with E-state index in [-0.39, 0.29) is 5.91 Å². The number of rotatable bonds is 2. The number of hydrogen-bond donors (Lipinski definition) is 1. The highest BCUT2D eigenvalue weighted by Gasteiger charge is 2.26. The van der Waals surface area contributed by atoms with Crippen LogP contribution in [0.4, 0.5) is 4.39 Å². The van der Waals surface area contributed by atoms with Gasteiger partial charge in [-0.15, -0.1) is 0 Å². The molecular formula is C13H18FN3O. The van der Waals surface area contributed by atoms with Crippen LogP contribution in [-0.2, 0) is 0 Å². The number of hydrazine groups is 1. The van der Waals surface area contributed by atoms with Crippen molar-refractivity contribution in [1.82, 2.24) is 15.4 Å². The van der Waals surface area contributed by atoms with Crippen molar-refractivity contribution >= 4 is 5.91 Å². The van der Waals surface area contributed by atoms with E-state index in [1.807, 2.05) is 5.01 Å². The Labute approximate surface area is 106 Å². The number of nitrogens with one attached hydrogen (secondary N) is 1. The van der Waals surface area contributed by atoms with Crippen molar-refractivity contribution in [3.63, 3.8) is 0 Å². The molecule has 0 spiro atoms. The Morgan fingerprint density at radius 3 is 2.61 bits per heavy atom. The maximum Gasteiger partial charge on any atom is 0.267 e. The van der Waals surface area contributed by atoms with Crippen LogP contribution < -0.4 is 5.43 Å². The van der Waals surface area contributed by atoms with E-state index in [0.29, 0.717) is 17.6 Å². The molecule has 0 bridgehead atoms. The molecule has 2 rings (SSSR count). The minimum atomic E-state index is -0.578. The Kier molecular flexibility index (Phi) is 3.91. The van der Waals surface area contributed by atoms with E-state index in [4.69, 9.17) is 0 Å². The summed E-state index contributed by atoms with van der Waals surface area (Å²) in [5, 5.41) is 1.98. The van der Waals surface area contributed by atoms with Crippen LogP contribution in [0, 0.1) is 5.95 Å². The molecule has 1 aliphatic heterocycles. The fourth-order valence-electron chi connectivity index (χ4n) is 2.33. The molecule has 2 heterocycles.